The van der Waals surface area contributed by atoms with Crippen molar-refractivity contribution in [1.82, 2.24) is 4.58 Å². The second-order valence-electron chi connectivity index (χ2n) is 22.7. The van der Waals surface area contributed by atoms with Crippen LogP contribution in [0.25, 0.3) is 26.6 Å². The Hall–Kier alpha value is -4.99. The molecule has 3 aromatic heterocycles. The molecule has 4 aromatic carbocycles. The molecule has 0 atom stereocenters. The number of benzene rings is 4. The van der Waals surface area contributed by atoms with Crippen molar-refractivity contribution in [3.05, 3.63) is 157 Å². The molecule has 0 radical (unpaired) electrons. The second-order valence-corrected chi connectivity index (χ2v) is 27.0. The monoisotopic (exact) mass is 1140 g/mol. The van der Waals surface area contributed by atoms with Crippen LogP contribution in [0.4, 0.5) is 27.8 Å². The van der Waals surface area contributed by atoms with Crippen molar-refractivity contribution in [3.63, 3.8) is 0 Å². The van der Waals surface area contributed by atoms with Gasteiger partial charge < -0.3 is 10.0 Å². The summed E-state index contributed by atoms with van der Waals surface area (Å²) in [4.78, 5) is 18.4. The van der Waals surface area contributed by atoms with E-state index in [9.17, 15) is 9.90 Å². The summed E-state index contributed by atoms with van der Waals surface area (Å²) in [5.41, 5.74) is 10.8. The standard InChI is InChI=1S/C72H88N2O2S4/c1-5-9-13-17-21-25-29-53-33-41-57(42-34-53)73(58-43-35-54(36-44-58)30-26-22-18-14-10-6-2)67-51-63-61(79-67)49-65(77-63)69-71(75)70(72(69)76)66-50-62-64(78-66)52-68(80-62)74(59-45-37-55(38-46-59)31-27-23-19-15-11-7-3)60-47-39-56(40-48-60)32-28-24-20-16-12-8-4/h33-52H,5-32H2,1-4H3. The number of Topliss-reactive ketones (excluding diaryl/α,β-unsaturated/α-hetero) is 1. The van der Waals surface area contributed by atoms with Crippen LogP contribution in [-0.2, 0) is 30.5 Å². The van der Waals surface area contributed by atoms with Gasteiger partial charge in [0.25, 0.3) is 5.04 Å². The van der Waals surface area contributed by atoms with Gasteiger partial charge in [-0.2, -0.15) is 0 Å². The summed E-state index contributed by atoms with van der Waals surface area (Å²) < 4.78 is 6.44. The molecule has 0 unspecified atom stereocenters. The summed E-state index contributed by atoms with van der Waals surface area (Å²) in [6.45, 7) is 9.11. The van der Waals surface area contributed by atoms with Crippen LogP contribution < -0.4 is 23.6 Å². The topological polar surface area (TPSA) is 46.4 Å². The Morgan fingerprint density at radius 3 is 1.24 bits per heavy atom. The fraction of sp³-hybridized carbons (Fsp3) is 0.444. The second kappa shape index (κ2) is 30.9. The Labute approximate surface area is 496 Å². The van der Waals surface area contributed by atoms with Crippen LogP contribution >= 0.6 is 45.8 Å². The Bertz CT molecular complexity index is 3110. The first-order valence-corrected chi connectivity index (χ1v) is 34.5. The van der Waals surface area contributed by atoms with E-state index in [4.69, 9.17) is 0 Å². The number of carbonyl (C=O) groups excluding carboxylic acids is 1. The van der Waals surface area contributed by atoms with Gasteiger partial charge in [-0.05, 0) is 128 Å². The van der Waals surface area contributed by atoms with Crippen LogP contribution in [0, 0.1) is 0 Å². The molecule has 80 heavy (non-hydrogen) atoms. The van der Waals surface area contributed by atoms with Crippen LogP contribution in [0.1, 0.15) is 209 Å². The number of allylic oxidation sites excluding steroid dienone is 2. The molecule has 0 saturated carbocycles. The lowest BCUT2D eigenvalue weighted by Crippen LogP contribution is -2.31. The number of anilines is 3. The Kier molecular flexibility index (Phi) is 23.0. The number of unbranched alkanes of at least 4 members (excludes halogenated alkanes) is 20. The highest BCUT2D eigenvalue weighted by Gasteiger charge is 2.33. The van der Waals surface area contributed by atoms with Gasteiger partial charge in [-0.3, -0.25) is 4.79 Å². The number of carbonyl (C=O) groups is 1. The Morgan fingerprint density at radius 2 is 0.838 bits per heavy atom. The average molecular weight is 1140 g/mol. The van der Waals surface area contributed by atoms with E-state index in [0.29, 0.717) is 11.1 Å². The minimum atomic E-state index is -0.134. The van der Waals surface area contributed by atoms with Crippen LogP contribution in [0.3, 0.4) is 0 Å². The average Bonchev–Trinajstić information content (AvgIpc) is 4.42. The molecule has 2 aliphatic rings. The molecule has 0 N–H and O–H groups in total. The van der Waals surface area contributed by atoms with E-state index in [1.807, 2.05) is 0 Å². The first kappa shape index (κ1) is 59.6. The third kappa shape index (κ3) is 15.8. The molecule has 422 valence electrons. The Morgan fingerprint density at radius 1 is 0.438 bits per heavy atom. The van der Waals surface area contributed by atoms with Crippen molar-refractivity contribution in [1.29, 1.82) is 0 Å². The summed E-state index contributed by atoms with van der Waals surface area (Å²) in [6, 6.07) is 43.2. The zero-order chi connectivity index (χ0) is 55.5. The number of nitrogens with zero attached hydrogens (tertiary/aromatic N) is 2. The number of aryl methyl sites for hydroxylation is 4. The lowest BCUT2D eigenvalue weighted by Gasteiger charge is -2.29. The lowest BCUT2D eigenvalue weighted by atomic mass is 9.87. The molecule has 1 aliphatic heterocycles. The van der Waals surface area contributed by atoms with Gasteiger partial charge in [0, 0.05) is 81.1 Å². The molecule has 0 amide bonds. The van der Waals surface area contributed by atoms with E-state index in [-0.39, 0.29) is 11.5 Å². The highest BCUT2D eigenvalue weighted by molar-refractivity contribution is 8.15. The van der Waals surface area contributed by atoms with Crippen LogP contribution in [-0.4, -0.2) is 10.8 Å². The predicted octanol–water partition coefficient (Wildman–Crippen LogP) is 20.4. The van der Waals surface area contributed by atoms with Crippen molar-refractivity contribution < 1.29 is 9.90 Å². The molecule has 9 rings (SSSR count). The van der Waals surface area contributed by atoms with Gasteiger partial charge >= 0.3 is 0 Å². The van der Waals surface area contributed by atoms with Crippen molar-refractivity contribution in [2.45, 2.75) is 212 Å². The molecule has 7 aromatic rings. The summed E-state index contributed by atoms with van der Waals surface area (Å²) in [6.07, 6.45) is 37.9. The molecular formula is C72H88N2O2S4. The fourth-order valence-corrected chi connectivity index (χ4v) is 16.4. The number of hydrogen-bond donors (Lipinski definition) is 0. The van der Waals surface area contributed by atoms with Gasteiger partial charge in [-0.25, -0.2) is 0 Å². The minimum Gasteiger partial charge on any atom is -0.871 e. The first-order chi connectivity index (χ1) is 39.3. The van der Waals surface area contributed by atoms with Crippen LogP contribution in [0.5, 0.6) is 0 Å². The quantitative estimate of drug-likeness (QED) is 0.0298. The number of thioether (sulfide) groups is 1. The summed E-state index contributed by atoms with van der Waals surface area (Å²) >= 11 is 6.60. The number of ketones is 1. The van der Waals surface area contributed by atoms with Gasteiger partial charge in [-0.15, -0.1) is 38.6 Å². The van der Waals surface area contributed by atoms with E-state index in [1.54, 1.807) is 45.8 Å². The van der Waals surface area contributed by atoms with E-state index in [1.165, 1.54) is 176 Å². The highest BCUT2D eigenvalue weighted by atomic mass is 32.2. The van der Waals surface area contributed by atoms with Crippen molar-refractivity contribution in [2.75, 3.05) is 4.90 Å². The smallest absolute Gasteiger partial charge is 0.252 e. The van der Waals surface area contributed by atoms with E-state index in [2.05, 4.69) is 159 Å². The van der Waals surface area contributed by atoms with Crippen molar-refractivity contribution in [2.24, 2.45) is 0 Å². The molecule has 1 aliphatic carbocycles. The lowest BCUT2D eigenvalue weighted by molar-refractivity contribution is -0.292. The van der Waals surface area contributed by atoms with Gasteiger partial charge in [-0.1, -0.05) is 210 Å². The number of rotatable bonds is 34. The molecule has 4 heterocycles. The van der Waals surface area contributed by atoms with Crippen LogP contribution in [0.15, 0.2) is 126 Å². The number of fused-ring (bicyclic) bond motifs is 2. The Balaban J connectivity index is 0.945. The summed E-state index contributed by atoms with van der Waals surface area (Å²) in [5.74, 6) is -0.267. The SMILES string of the molecule is CCCCCCCCc1ccc(N(c2ccc(CCCCCCCC)cc2)c2cc3sc(C4=C([O-])/C(=c5\cc6c(s5)=CC(=[N+](c5ccc(CCCCCCCC)cc5)c5ccc(CCCCCCCC)cc5)S6)C4=O)cc3s2)cc1. The zero-order valence-electron chi connectivity index (χ0n) is 48.7. The normalized spacial score (nSPS) is 13.8. The summed E-state index contributed by atoms with van der Waals surface area (Å²) in [7, 11) is 0. The maximum atomic E-state index is 14.2. The third-order valence-corrected chi connectivity index (χ3v) is 20.9. The predicted molar refractivity (Wildman–Crippen MR) is 351 cm³/mol. The highest BCUT2D eigenvalue weighted by Crippen LogP contribution is 2.47. The van der Waals surface area contributed by atoms with E-state index < -0.39 is 0 Å². The molecule has 0 spiro atoms. The number of hydrogen-bond acceptors (Lipinski definition) is 7. The molecule has 0 saturated heterocycles. The zero-order valence-corrected chi connectivity index (χ0v) is 52.0. The molecule has 4 nitrogen and oxygen atoms in total. The van der Waals surface area contributed by atoms with Gasteiger partial charge in [0.05, 0.1) is 0 Å². The third-order valence-electron chi connectivity index (χ3n) is 16.3. The summed E-state index contributed by atoms with van der Waals surface area (Å²) in [5, 5.41) is 16.4. The van der Waals surface area contributed by atoms with Crippen molar-refractivity contribution >= 4 is 111 Å². The number of thiophene rings is 3. The van der Waals surface area contributed by atoms with Gasteiger partial charge in [0.1, 0.15) is 5.00 Å². The van der Waals surface area contributed by atoms with Gasteiger partial charge in [0.2, 0.25) is 11.4 Å². The molecule has 0 bridgehead atoms. The maximum Gasteiger partial charge on any atom is 0.252 e. The first-order valence-electron chi connectivity index (χ1n) is 31.2. The van der Waals surface area contributed by atoms with E-state index in [0.717, 1.165) is 86.7 Å². The molecule has 0 fully saturated rings. The van der Waals surface area contributed by atoms with Crippen molar-refractivity contribution in [3.8, 4) is 0 Å². The molecule has 8 heteroatoms. The van der Waals surface area contributed by atoms with Gasteiger partial charge in [0.15, 0.2) is 5.78 Å². The van der Waals surface area contributed by atoms with Crippen LogP contribution in [0.2, 0.25) is 0 Å². The largest absolute Gasteiger partial charge is 0.871 e. The van der Waals surface area contributed by atoms with E-state index >= 15 is 0 Å². The minimum absolute atomic E-state index is 0.134. The fourth-order valence-electron chi connectivity index (χ4n) is 11.4. The maximum absolute atomic E-state index is 14.2. The molecular weight excluding hydrogens is 1050 g/mol.